The molecule has 1 aliphatic rings. The van der Waals surface area contributed by atoms with Crippen molar-refractivity contribution in [1.29, 1.82) is 0 Å². The number of carbonyl (C=O) groups excluding carboxylic acids is 2. The molecule has 2 amide bonds. The van der Waals surface area contributed by atoms with Gasteiger partial charge in [0, 0.05) is 51.4 Å². The molecule has 1 fully saturated rings. The third-order valence-corrected chi connectivity index (χ3v) is 5.48. The van der Waals surface area contributed by atoms with Gasteiger partial charge in [-0.25, -0.2) is 0 Å². The number of amides is 2. The molecule has 6 nitrogen and oxygen atoms in total. The van der Waals surface area contributed by atoms with Gasteiger partial charge in [-0.15, -0.1) is 0 Å². The van der Waals surface area contributed by atoms with E-state index in [-0.39, 0.29) is 11.8 Å². The van der Waals surface area contributed by atoms with Gasteiger partial charge in [0.15, 0.2) is 0 Å². The Morgan fingerprint density at radius 1 is 0.931 bits per heavy atom. The largest absolute Gasteiger partial charge is 0.354 e. The van der Waals surface area contributed by atoms with Gasteiger partial charge in [0.2, 0.25) is 5.91 Å². The molecule has 1 saturated heterocycles. The van der Waals surface area contributed by atoms with E-state index in [0.717, 1.165) is 43.9 Å². The predicted octanol–water partition coefficient (Wildman–Crippen LogP) is 2.58. The van der Waals surface area contributed by atoms with Gasteiger partial charge in [-0.1, -0.05) is 30.3 Å². The number of hydrogen-bond acceptors (Lipinski definition) is 3. The average molecular weight is 390 g/mol. The summed E-state index contributed by atoms with van der Waals surface area (Å²) < 4.78 is 2.07. The molecular weight excluding hydrogens is 364 g/mol. The van der Waals surface area contributed by atoms with E-state index in [9.17, 15) is 9.59 Å². The molecule has 1 aliphatic heterocycles. The van der Waals surface area contributed by atoms with Crippen LogP contribution >= 0.6 is 0 Å². The summed E-state index contributed by atoms with van der Waals surface area (Å²) in [5.74, 6) is 1.12. The first-order valence-corrected chi connectivity index (χ1v) is 10.1. The monoisotopic (exact) mass is 390 g/mol. The van der Waals surface area contributed by atoms with Gasteiger partial charge in [-0.05, 0) is 36.2 Å². The number of piperazine rings is 1. The summed E-state index contributed by atoms with van der Waals surface area (Å²) in [4.78, 5) is 28.3. The highest BCUT2D eigenvalue weighted by Crippen LogP contribution is 2.22. The first-order valence-electron chi connectivity index (χ1n) is 10.1. The highest BCUT2D eigenvalue weighted by atomic mass is 16.2. The number of pyridine rings is 1. The van der Waals surface area contributed by atoms with E-state index in [1.165, 1.54) is 5.56 Å². The standard InChI is InChI=1S/C23H26N4O2/c1-18(28)25-13-15-26(16-14-25)22-10-9-21-8-7-20(17-27(21)22)23(29)24-12-11-19-5-3-2-4-6-19/h2-10,17H,11-16H2,1H3,(H,24,29). The molecule has 6 heteroatoms. The Morgan fingerprint density at radius 3 is 2.38 bits per heavy atom. The predicted molar refractivity (Wildman–Crippen MR) is 114 cm³/mol. The topological polar surface area (TPSA) is 57.1 Å². The van der Waals surface area contributed by atoms with Crippen LogP contribution in [0, 0.1) is 0 Å². The number of anilines is 1. The fourth-order valence-corrected chi connectivity index (χ4v) is 3.80. The summed E-state index contributed by atoms with van der Waals surface area (Å²) in [7, 11) is 0. The lowest BCUT2D eigenvalue weighted by Crippen LogP contribution is -2.48. The van der Waals surface area contributed by atoms with Crippen molar-refractivity contribution in [3.63, 3.8) is 0 Å². The summed E-state index contributed by atoms with van der Waals surface area (Å²) in [6.45, 7) is 5.25. The van der Waals surface area contributed by atoms with E-state index in [2.05, 4.69) is 38.9 Å². The number of nitrogens with zero attached hydrogens (tertiary/aromatic N) is 3. The number of hydrogen-bond donors (Lipinski definition) is 1. The van der Waals surface area contributed by atoms with Gasteiger partial charge in [-0.3, -0.25) is 9.59 Å². The molecule has 0 spiro atoms. The molecule has 3 heterocycles. The van der Waals surface area contributed by atoms with Gasteiger partial charge in [0.25, 0.3) is 5.91 Å². The highest BCUT2D eigenvalue weighted by Gasteiger charge is 2.20. The zero-order valence-corrected chi connectivity index (χ0v) is 16.7. The number of rotatable bonds is 5. The Labute approximate surface area is 170 Å². The molecule has 0 aliphatic carbocycles. The van der Waals surface area contributed by atoms with Crippen LogP contribution in [0.15, 0.2) is 60.8 Å². The van der Waals surface area contributed by atoms with Crippen LogP contribution < -0.4 is 10.2 Å². The van der Waals surface area contributed by atoms with Crippen LogP contribution in [0.2, 0.25) is 0 Å². The highest BCUT2D eigenvalue weighted by molar-refractivity contribution is 5.94. The van der Waals surface area contributed by atoms with Crippen LogP contribution in [0.5, 0.6) is 0 Å². The van der Waals surface area contributed by atoms with Crippen molar-refractivity contribution in [3.05, 3.63) is 71.9 Å². The van der Waals surface area contributed by atoms with Gasteiger partial charge in [0.1, 0.15) is 5.82 Å². The average Bonchev–Trinajstić information content (AvgIpc) is 3.17. The molecule has 3 aromatic rings. The van der Waals surface area contributed by atoms with E-state index < -0.39 is 0 Å². The number of benzene rings is 1. The lowest BCUT2D eigenvalue weighted by atomic mass is 10.1. The van der Waals surface area contributed by atoms with Crippen LogP contribution in [-0.4, -0.2) is 53.8 Å². The van der Waals surface area contributed by atoms with Gasteiger partial charge >= 0.3 is 0 Å². The molecule has 4 rings (SSSR count). The molecule has 2 aromatic heterocycles. The minimum atomic E-state index is -0.0659. The van der Waals surface area contributed by atoms with Crippen molar-refractivity contribution in [2.24, 2.45) is 0 Å². The van der Waals surface area contributed by atoms with Crippen molar-refractivity contribution in [2.75, 3.05) is 37.6 Å². The van der Waals surface area contributed by atoms with E-state index in [4.69, 9.17) is 0 Å². The second kappa shape index (κ2) is 8.39. The Morgan fingerprint density at radius 2 is 1.66 bits per heavy atom. The lowest BCUT2D eigenvalue weighted by molar-refractivity contribution is -0.129. The molecule has 1 aromatic carbocycles. The number of nitrogens with one attached hydrogen (secondary N) is 1. The molecule has 0 unspecified atom stereocenters. The minimum Gasteiger partial charge on any atom is -0.354 e. The summed E-state index contributed by atoms with van der Waals surface area (Å²) >= 11 is 0. The fourth-order valence-electron chi connectivity index (χ4n) is 3.80. The molecule has 0 radical (unpaired) electrons. The Balaban J connectivity index is 1.44. The third-order valence-electron chi connectivity index (χ3n) is 5.48. The maximum atomic E-state index is 12.6. The van der Waals surface area contributed by atoms with Gasteiger partial charge in [0.05, 0.1) is 5.56 Å². The first-order chi connectivity index (χ1) is 14.1. The van der Waals surface area contributed by atoms with Crippen LogP contribution in [0.4, 0.5) is 5.82 Å². The van der Waals surface area contributed by atoms with Crippen molar-refractivity contribution in [1.82, 2.24) is 14.6 Å². The van der Waals surface area contributed by atoms with Crippen molar-refractivity contribution in [3.8, 4) is 0 Å². The SMILES string of the molecule is CC(=O)N1CCN(c2ccc3ccc(C(=O)NCCc4ccccc4)cn23)CC1. The zero-order valence-electron chi connectivity index (χ0n) is 16.7. The maximum Gasteiger partial charge on any atom is 0.252 e. The minimum absolute atomic E-state index is 0.0659. The van der Waals surface area contributed by atoms with Crippen LogP contribution in [0.25, 0.3) is 5.52 Å². The normalized spacial score (nSPS) is 14.2. The number of fused-ring (bicyclic) bond motifs is 1. The van der Waals surface area contributed by atoms with Crippen molar-refractivity contribution < 1.29 is 9.59 Å². The molecular formula is C23H26N4O2. The zero-order chi connectivity index (χ0) is 20.2. The molecule has 150 valence electrons. The number of carbonyl (C=O) groups is 2. The number of aromatic nitrogens is 1. The Hall–Kier alpha value is -3.28. The van der Waals surface area contributed by atoms with E-state index in [1.807, 2.05) is 41.4 Å². The van der Waals surface area contributed by atoms with Crippen LogP contribution in [-0.2, 0) is 11.2 Å². The summed E-state index contributed by atoms with van der Waals surface area (Å²) in [6.07, 6.45) is 2.71. The van der Waals surface area contributed by atoms with Crippen LogP contribution in [0.3, 0.4) is 0 Å². The lowest BCUT2D eigenvalue weighted by Gasteiger charge is -2.35. The van der Waals surface area contributed by atoms with Gasteiger partial charge < -0.3 is 19.5 Å². The second-order valence-electron chi connectivity index (χ2n) is 7.39. The maximum absolute atomic E-state index is 12.6. The summed E-state index contributed by atoms with van der Waals surface area (Å²) in [5, 5.41) is 3.01. The summed E-state index contributed by atoms with van der Waals surface area (Å²) in [6, 6.07) is 18.1. The Bertz CT molecular complexity index is 1000. The van der Waals surface area contributed by atoms with Crippen molar-refractivity contribution in [2.45, 2.75) is 13.3 Å². The third kappa shape index (κ3) is 4.26. The van der Waals surface area contributed by atoms with Crippen LogP contribution in [0.1, 0.15) is 22.8 Å². The first kappa shape index (κ1) is 19.1. The Kier molecular flexibility index (Phi) is 5.51. The summed E-state index contributed by atoms with van der Waals surface area (Å²) in [5.41, 5.74) is 2.90. The quantitative estimate of drug-likeness (QED) is 0.729. The van der Waals surface area contributed by atoms with E-state index in [1.54, 1.807) is 6.92 Å². The molecule has 0 atom stereocenters. The molecule has 29 heavy (non-hydrogen) atoms. The fraction of sp³-hybridized carbons (Fsp3) is 0.304. The molecule has 0 saturated carbocycles. The van der Waals surface area contributed by atoms with Gasteiger partial charge in [-0.2, -0.15) is 0 Å². The molecule has 0 bridgehead atoms. The van der Waals surface area contributed by atoms with E-state index in [0.29, 0.717) is 12.1 Å². The van der Waals surface area contributed by atoms with Crippen molar-refractivity contribution >= 4 is 23.1 Å². The second-order valence-corrected chi connectivity index (χ2v) is 7.39. The smallest absolute Gasteiger partial charge is 0.252 e. The van der Waals surface area contributed by atoms with E-state index >= 15 is 0 Å². The molecule has 1 N–H and O–H groups in total.